The van der Waals surface area contributed by atoms with E-state index in [2.05, 4.69) is 16.3 Å². The van der Waals surface area contributed by atoms with Gasteiger partial charge in [-0.05, 0) is 80.2 Å². The maximum absolute atomic E-state index is 13.8. The molecule has 2 aromatic carbocycles. The number of nitrogens with two attached hydrogens (primary N) is 1. The number of nitrogens with zero attached hydrogens (tertiary/aromatic N) is 3. The maximum atomic E-state index is 13.8. The fourth-order valence-corrected chi connectivity index (χ4v) is 4.95. The minimum absolute atomic E-state index is 0.0164. The van der Waals surface area contributed by atoms with Crippen LogP contribution in [0, 0.1) is 28.8 Å². The second-order valence-electron chi connectivity index (χ2n) is 9.24. The van der Waals surface area contributed by atoms with Gasteiger partial charge in [0.25, 0.3) is 5.91 Å². The molecule has 0 bridgehead atoms. The zero-order chi connectivity index (χ0) is 27.4. The van der Waals surface area contributed by atoms with E-state index in [1.165, 1.54) is 12.1 Å². The SMILES string of the molecule is N#Cc1cc(F)ccc1C1CCN(CCCNC(=O)N2C(=O)OC(C(N)=O)[C@@H]2c2ccc(F)c(F)c2)CC1. The number of carbonyl (C=O) groups is 3. The fourth-order valence-electron chi connectivity index (χ4n) is 4.95. The lowest BCUT2D eigenvalue weighted by Gasteiger charge is -2.32. The predicted molar refractivity (Wildman–Crippen MR) is 128 cm³/mol. The average Bonchev–Trinajstić information content (AvgIpc) is 3.26. The molecule has 200 valence electrons. The van der Waals surface area contributed by atoms with Gasteiger partial charge in [0.15, 0.2) is 11.6 Å². The smallest absolute Gasteiger partial charge is 0.419 e. The number of cyclic esters (lactones) is 1. The van der Waals surface area contributed by atoms with Crippen molar-refractivity contribution in [2.24, 2.45) is 5.73 Å². The lowest BCUT2D eigenvalue weighted by molar-refractivity contribution is -0.125. The molecule has 2 saturated heterocycles. The molecule has 4 amide bonds. The van der Waals surface area contributed by atoms with Crippen molar-refractivity contribution in [3.05, 3.63) is 70.5 Å². The van der Waals surface area contributed by atoms with E-state index in [9.17, 15) is 32.8 Å². The summed E-state index contributed by atoms with van der Waals surface area (Å²) in [6.45, 7) is 2.38. The number of imide groups is 1. The van der Waals surface area contributed by atoms with Crippen molar-refractivity contribution in [2.75, 3.05) is 26.2 Å². The lowest BCUT2D eigenvalue weighted by Crippen LogP contribution is -2.45. The highest BCUT2D eigenvalue weighted by atomic mass is 19.2. The van der Waals surface area contributed by atoms with Gasteiger partial charge in [-0.3, -0.25) is 4.79 Å². The number of amides is 4. The Morgan fingerprint density at radius 2 is 1.84 bits per heavy atom. The van der Waals surface area contributed by atoms with E-state index in [0.717, 1.165) is 49.7 Å². The Labute approximate surface area is 216 Å². The summed E-state index contributed by atoms with van der Waals surface area (Å²) in [6, 6.07) is 6.90. The van der Waals surface area contributed by atoms with Gasteiger partial charge >= 0.3 is 12.1 Å². The molecular formula is C26H26F3N5O4. The number of carbonyl (C=O) groups excluding carboxylic acids is 3. The molecule has 2 fully saturated rings. The molecule has 38 heavy (non-hydrogen) atoms. The number of nitriles is 1. The Morgan fingerprint density at radius 3 is 2.50 bits per heavy atom. The highest BCUT2D eigenvalue weighted by Crippen LogP contribution is 2.34. The third kappa shape index (κ3) is 5.73. The molecule has 1 unspecified atom stereocenters. The summed E-state index contributed by atoms with van der Waals surface area (Å²) in [5.74, 6) is -3.65. The number of halogens is 3. The van der Waals surface area contributed by atoms with Gasteiger partial charge in [0.05, 0.1) is 11.6 Å². The van der Waals surface area contributed by atoms with Crippen LogP contribution in [0.5, 0.6) is 0 Å². The molecular weight excluding hydrogens is 503 g/mol. The second kappa shape index (κ2) is 11.5. The molecule has 0 radical (unpaired) electrons. The standard InChI is InChI=1S/C26H26F3N5O4/c27-18-3-4-19(17(12-18)14-30)15-6-10-33(11-7-15)9-1-8-32-25(36)34-22(23(24(31)35)38-26(34)37)16-2-5-20(28)21(29)13-16/h2-5,12-13,15,22-23H,1,6-11H2,(H2,31,35)(H,32,36)/t22-,23?/m0/s1. The van der Waals surface area contributed by atoms with Gasteiger partial charge in [-0.15, -0.1) is 0 Å². The summed E-state index contributed by atoms with van der Waals surface area (Å²) in [7, 11) is 0. The monoisotopic (exact) mass is 529 g/mol. The van der Waals surface area contributed by atoms with Crippen LogP contribution in [0.15, 0.2) is 36.4 Å². The zero-order valence-corrected chi connectivity index (χ0v) is 20.3. The van der Waals surface area contributed by atoms with Crippen LogP contribution in [0.3, 0.4) is 0 Å². The number of ether oxygens (including phenoxy) is 1. The molecule has 2 heterocycles. The van der Waals surface area contributed by atoms with Gasteiger partial charge in [0.1, 0.15) is 11.9 Å². The number of hydrogen-bond acceptors (Lipinski definition) is 6. The molecule has 0 aliphatic carbocycles. The molecule has 2 aromatic rings. The quantitative estimate of drug-likeness (QED) is 0.530. The van der Waals surface area contributed by atoms with E-state index in [4.69, 9.17) is 10.5 Å². The third-order valence-corrected chi connectivity index (χ3v) is 6.86. The van der Waals surface area contributed by atoms with Crippen LogP contribution in [0.2, 0.25) is 0 Å². The number of rotatable bonds is 7. The van der Waals surface area contributed by atoms with Gasteiger partial charge in [-0.25, -0.2) is 27.7 Å². The first-order chi connectivity index (χ1) is 18.2. The summed E-state index contributed by atoms with van der Waals surface area (Å²) in [4.78, 5) is 39.9. The van der Waals surface area contributed by atoms with Gasteiger partial charge in [0.2, 0.25) is 6.10 Å². The van der Waals surface area contributed by atoms with E-state index in [-0.39, 0.29) is 18.0 Å². The molecule has 4 rings (SSSR count). The summed E-state index contributed by atoms with van der Waals surface area (Å²) >= 11 is 0. The minimum atomic E-state index is -1.55. The third-order valence-electron chi connectivity index (χ3n) is 6.86. The van der Waals surface area contributed by atoms with Gasteiger partial charge in [-0.1, -0.05) is 12.1 Å². The number of piperidine rings is 1. The van der Waals surface area contributed by atoms with Crippen molar-refractivity contribution in [1.82, 2.24) is 15.1 Å². The Bertz CT molecular complexity index is 1280. The number of hydrogen-bond donors (Lipinski definition) is 2. The normalized spacial score (nSPS) is 20.2. The Balaban J connectivity index is 1.30. The summed E-state index contributed by atoms with van der Waals surface area (Å²) < 4.78 is 45.6. The van der Waals surface area contributed by atoms with Gasteiger partial charge in [-0.2, -0.15) is 5.26 Å². The van der Waals surface area contributed by atoms with Crippen molar-refractivity contribution >= 4 is 18.0 Å². The van der Waals surface area contributed by atoms with Crippen molar-refractivity contribution in [3.63, 3.8) is 0 Å². The van der Waals surface area contributed by atoms with E-state index in [0.29, 0.717) is 23.4 Å². The van der Waals surface area contributed by atoms with Crippen LogP contribution < -0.4 is 11.1 Å². The zero-order valence-electron chi connectivity index (χ0n) is 20.3. The van der Waals surface area contributed by atoms with Crippen LogP contribution in [0.4, 0.5) is 22.8 Å². The first-order valence-electron chi connectivity index (χ1n) is 12.1. The topological polar surface area (TPSA) is 129 Å². The van der Waals surface area contributed by atoms with Crippen LogP contribution in [0.25, 0.3) is 0 Å². The highest BCUT2D eigenvalue weighted by Gasteiger charge is 2.49. The van der Waals surface area contributed by atoms with Crippen molar-refractivity contribution in [3.8, 4) is 6.07 Å². The van der Waals surface area contributed by atoms with E-state index in [1.807, 2.05) is 0 Å². The molecule has 0 aromatic heterocycles. The largest absolute Gasteiger partial charge is 0.433 e. The molecule has 0 spiro atoms. The van der Waals surface area contributed by atoms with Crippen LogP contribution in [0.1, 0.15) is 47.9 Å². The average molecular weight is 530 g/mol. The molecule has 2 aliphatic rings. The molecule has 2 atom stereocenters. The van der Waals surface area contributed by atoms with Crippen molar-refractivity contribution in [2.45, 2.75) is 37.3 Å². The summed E-state index contributed by atoms with van der Waals surface area (Å²) in [5.41, 5.74) is 6.50. The second-order valence-corrected chi connectivity index (χ2v) is 9.24. The molecule has 0 saturated carbocycles. The number of likely N-dealkylation sites (tertiary alicyclic amines) is 1. The Morgan fingerprint density at radius 1 is 1.11 bits per heavy atom. The minimum Gasteiger partial charge on any atom is -0.433 e. The Kier molecular flexibility index (Phi) is 8.16. The molecule has 12 heteroatoms. The van der Waals surface area contributed by atoms with Gasteiger partial charge < -0.3 is 20.7 Å². The van der Waals surface area contributed by atoms with Crippen molar-refractivity contribution < 1.29 is 32.3 Å². The summed E-state index contributed by atoms with van der Waals surface area (Å²) in [6.07, 6.45) is -0.524. The Hall–Kier alpha value is -4.11. The highest BCUT2D eigenvalue weighted by molar-refractivity contribution is 5.96. The van der Waals surface area contributed by atoms with Crippen LogP contribution in [-0.4, -0.2) is 60.1 Å². The van der Waals surface area contributed by atoms with E-state index in [1.54, 1.807) is 6.07 Å². The number of primary amides is 1. The van der Waals surface area contributed by atoms with E-state index >= 15 is 0 Å². The van der Waals surface area contributed by atoms with Gasteiger partial charge in [0, 0.05) is 6.54 Å². The molecule has 2 aliphatic heterocycles. The fraction of sp³-hybridized carbons (Fsp3) is 0.385. The first-order valence-corrected chi connectivity index (χ1v) is 12.1. The predicted octanol–water partition coefficient (Wildman–Crippen LogP) is 3.30. The number of urea groups is 1. The summed E-state index contributed by atoms with van der Waals surface area (Å²) in [5, 5.41) is 11.9. The lowest BCUT2D eigenvalue weighted by atomic mass is 9.86. The van der Waals surface area contributed by atoms with Crippen LogP contribution in [-0.2, 0) is 9.53 Å². The number of benzene rings is 2. The van der Waals surface area contributed by atoms with Crippen LogP contribution >= 0.6 is 0 Å². The van der Waals surface area contributed by atoms with Crippen molar-refractivity contribution in [1.29, 1.82) is 5.26 Å². The molecule has 9 nitrogen and oxygen atoms in total. The van der Waals surface area contributed by atoms with E-state index < -0.39 is 47.6 Å². The first kappa shape index (κ1) is 26.9. The molecule has 3 N–H and O–H groups in total. The number of nitrogens with one attached hydrogen (secondary N) is 1. The maximum Gasteiger partial charge on any atom is 0.419 e.